The zero-order valence-corrected chi connectivity index (χ0v) is 12.1. The normalized spacial score (nSPS) is 17.8. The molecule has 1 fully saturated rings. The van der Waals surface area contributed by atoms with Crippen molar-refractivity contribution in [1.82, 2.24) is 9.80 Å². The number of hydrogen-bond acceptors (Lipinski definition) is 3. The maximum absolute atomic E-state index is 8.91. The fourth-order valence-corrected chi connectivity index (χ4v) is 2.79. The Morgan fingerprint density at radius 2 is 1.74 bits per heavy atom. The molecule has 0 saturated carbocycles. The third kappa shape index (κ3) is 5.11. The van der Waals surface area contributed by atoms with Crippen molar-refractivity contribution in [3.05, 3.63) is 34.9 Å². The number of aliphatic hydroxyl groups excluding tert-OH is 1. The van der Waals surface area contributed by atoms with Gasteiger partial charge in [0, 0.05) is 37.7 Å². The number of halogens is 1. The Morgan fingerprint density at radius 1 is 1.05 bits per heavy atom. The molecule has 1 saturated heterocycles. The molecule has 0 unspecified atom stereocenters. The van der Waals surface area contributed by atoms with E-state index in [-0.39, 0.29) is 6.61 Å². The summed E-state index contributed by atoms with van der Waals surface area (Å²) in [6.07, 6.45) is 2.28. The Hall–Kier alpha value is -0.610. The summed E-state index contributed by atoms with van der Waals surface area (Å²) in [6, 6.07) is 8.14. The lowest BCUT2D eigenvalue weighted by Crippen LogP contribution is -2.47. The van der Waals surface area contributed by atoms with E-state index in [1.807, 2.05) is 12.1 Å². The molecule has 1 aromatic carbocycles. The first-order valence-electron chi connectivity index (χ1n) is 7.08. The van der Waals surface area contributed by atoms with Crippen molar-refractivity contribution < 1.29 is 5.11 Å². The van der Waals surface area contributed by atoms with Crippen molar-refractivity contribution >= 4 is 11.6 Å². The number of hydrogen-bond donors (Lipinski definition) is 1. The highest BCUT2D eigenvalue weighted by Gasteiger charge is 2.15. The van der Waals surface area contributed by atoms with Gasteiger partial charge in [-0.05, 0) is 37.1 Å². The van der Waals surface area contributed by atoms with Crippen LogP contribution in [0.1, 0.15) is 12.0 Å². The van der Waals surface area contributed by atoms with Gasteiger partial charge in [-0.25, -0.2) is 0 Å². The maximum Gasteiger partial charge on any atom is 0.0558 e. The van der Waals surface area contributed by atoms with Crippen molar-refractivity contribution in [2.45, 2.75) is 12.8 Å². The molecule has 3 nitrogen and oxygen atoms in total. The lowest BCUT2D eigenvalue weighted by Gasteiger charge is -2.34. The average Bonchev–Trinajstić information content (AvgIpc) is 2.41. The molecule has 0 spiro atoms. The van der Waals surface area contributed by atoms with Crippen LogP contribution in [0.5, 0.6) is 0 Å². The summed E-state index contributed by atoms with van der Waals surface area (Å²) >= 11 is 5.98. The largest absolute Gasteiger partial charge is 0.395 e. The number of aliphatic hydroxyl groups is 1. The van der Waals surface area contributed by atoms with E-state index < -0.39 is 0 Å². The molecular formula is C15H23ClN2O. The monoisotopic (exact) mass is 282 g/mol. The summed E-state index contributed by atoms with van der Waals surface area (Å²) in [5.41, 5.74) is 1.33. The Kier molecular flexibility index (Phi) is 6.11. The fourth-order valence-electron chi connectivity index (χ4n) is 2.58. The van der Waals surface area contributed by atoms with Crippen LogP contribution in [0.25, 0.3) is 0 Å². The van der Waals surface area contributed by atoms with Gasteiger partial charge < -0.3 is 10.0 Å². The van der Waals surface area contributed by atoms with E-state index in [1.54, 1.807) is 0 Å². The van der Waals surface area contributed by atoms with Crippen LogP contribution in [0.4, 0.5) is 0 Å². The molecule has 4 heteroatoms. The molecule has 0 aromatic heterocycles. The molecule has 1 aliphatic rings. The molecule has 0 aliphatic carbocycles. The third-order valence-electron chi connectivity index (χ3n) is 3.71. The number of β-amino-alcohol motifs (C(OH)–C–C–N with tert-alkyl or cyclic N) is 1. The van der Waals surface area contributed by atoms with Gasteiger partial charge in [0.25, 0.3) is 0 Å². The van der Waals surface area contributed by atoms with E-state index in [4.69, 9.17) is 16.7 Å². The number of aryl methyl sites for hydroxylation is 1. The highest BCUT2D eigenvalue weighted by atomic mass is 35.5. The molecule has 1 N–H and O–H groups in total. The van der Waals surface area contributed by atoms with Gasteiger partial charge in [0.2, 0.25) is 0 Å². The molecule has 106 valence electrons. The maximum atomic E-state index is 8.91. The van der Waals surface area contributed by atoms with Crippen LogP contribution in [0.15, 0.2) is 24.3 Å². The topological polar surface area (TPSA) is 26.7 Å². The standard InChI is InChI=1S/C15H23ClN2O/c16-15-5-1-3-14(13-15)4-2-6-17-7-9-18(10-8-17)11-12-19/h1,3,5,13,19H,2,4,6-12H2. The molecule has 1 aliphatic heterocycles. The van der Waals surface area contributed by atoms with Crippen molar-refractivity contribution in [2.75, 3.05) is 45.9 Å². The Morgan fingerprint density at radius 3 is 2.37 bits per heavy atom. The first-order valence-corrected chi connectivity index (χ1v) is 7.46. The zero-order valence-electron chi connectivity index (χ0n) is 11.4. The Bertz CT molecular complexity index is 378. The SMILES string of the molecule is OCCN1CCN(CCCc2cccc(Cl)c2)CC1. The molecular weight excluding hydrogens is 260 g/mol. The first kappa shape index (κ1) is 14.8. The molecule has 0 bridgehead atoms. The van der Waals surface area contributed by atoms with E-state index in [9.17, 15) is 0 Å². The van der Waals surface area contributed by atoms with Gasteiger partial charge >= 0.3 is 0 Å². The minimum Gasteiger partial charge on any atom is -0.395 e. The van der Waals surface area contributed by atoms with Crippen molar-refractivity contribution in [1.29, 1.82) is 0 Å². The molecule has 1 aromatic rings. The van der Waals surface area contributed by atoms with Crippen LogP contribution in [0, 0.1) is 0 Å². The van der Waals surface area contributed by atoms with Crippen LogP contribution >= 0.6 is 11.6 Å². The molecule has 2 rings (SSSR count). The third-order valence-corrected chi connectivity index (χ3v) is 3.95. The second-order valence-corrected chi connectivity index (χ2v) is 5.58. The second-order valence-electron chi connectivity index (χ2n) is 5.14. The van der Waals surface area contributed by atoms with Crippen LogP contribution in [0.2, 0.25) is 5.02 Å². The van der Waals surface area contributed by atoms with Crippen LogP contribution < -0.4 is 0 Å². The lowest BCUT2D eigenvalue weighted by molar-refractivity contribution is 0.112. The van der Waals surface area contributed by atoms with E-state index in [2.05, 4.69) is 21.9 Å². The second kappa shape index (κ2) is 7.85. The van der Waals surface area contributed by atoms with Crippen molar-refractivity contribution in [3.8, 4) is 0 Å². The van der Waals surface area contributed by atoms with Gasteiger partial charge in [-0.3, -0.25) is 4.90 Å². The predicted octanol–water partition coefficient (Wildman–Crippen LogP) is 1.88. The highest BCUT2D eigenvalue weighted by molar-refractivity contribution is 6.30. The van der Waals surface area contributed by atoms with E-state index in [1.165, 1.54) is 12.0 Å². The van der Waals surface area contributed by atoms with Crippen LogP contribution in [-0.2, 0) is 6.42 Å². The minimum absolute atomic E-state index is 0.273. The van der Waals surface area contributed by atoms with Crippen LogP contribution in [-0.4, -0.2) is 60.8 Å². The van der Waals surface area contributed by atoms with Gasteiger partial charge in [0.15, 0.2) is 0 Å². The van der Waals surface area contributed by atoms with E-state index in [0.717, 1.165) is 50.7 Å². The number of benzene rings is 1. The summed E-state index contributed by atoms with van der Waals surface area (Å²) in [7, 11) is 0. The molecule has 0 atom stereocenters. The summed E-state index contributed by atoms with van der Waals surface area (Å²) in [5.74, 6) is 0. The highest BCUT2D eigenvalue weighted by Crippen LogP contribution is 2.12. The van der Waals surface area contributed by atoms with Gasteiger partial charge in [-0.2, -0.15) is 0 Å². The van der Waals surface area contributed by atoms with Gasteiger partial charge in [-0.15, -0.1) is 0 Å². The number of piperazine rings is 1. The Balaban J connectivity index is 1.64. The van der Waals surface area contributed by atoms with E-state index in [0.29, 0.717) is 0 Å². The molecule has 19 heavy (non-hydrogen) atoms. The minimum atomic E-state index is 0.273. The summed E-state index contributed by atoms with van der Waals surface area (Å²) < 4.78 is 0. The van der Waals surface area contributed by atoms with Crippen LogP contribution in [0.3, 0.4) is 0 Å². The smallest absolute Gasteiger partial charge is 0.0558 e. The number of nitrogens with zero attached hydrogens (tertiary/aromatic N) is 2. The fraction of sp³-hybridized carbons (Fsp3) is 0.600. The van der Waals surface area contributed by atoms with E-state index >= 15 is 0 Å². The van der Waals surface area contributed by atoms with Crippen molar-refractivity contribution in [2.24, 2.45) is 0 Å². The predicted molar refractivity (Wildman–Crippen MR) is 79.7 cm³/mol. The summed E-state index contributed by atoms with van der Waals surface area (Å²) in [5, 5.41) is 9.74. The summed E-state index contributed by atoms with van der Waals surface area (Å²) in [6.45, 7) is 6.64. The lowest BCUT2D eigenvalue weighted by atomic mass is 10.1. The number of rotatable bonds is 6. The molecule has 0 radical (unpaired) electrons. The Labute approximate surface area is 120 Å². The van der Waals surface area contributed by atoms with Gasteiger partial charge in [0.1, 0.15) is 0 Å². The first-order chi connectivity index (χ1) is 9.28. The average molecular weight is 283 g/mol. The molecule has 1 heterocycles. The quantitative estimate of drug-likeness (QED) is 0.863. The zero-order chi connectivity index (χ0) is 13.5. The van der Waals surface area contributed by atoms with Gasteiger partial charge in [-0.1, -0.05) is 23.7 Å². The summed E-state index contributed by atoms with van der Waals surface area (Å²) in [4.78, 5) is 4.84. The van der Waals surface area contributed by atoms with Crippen molar-refractivity contribution in [3.63, 3.8) is 0 Å². The van der Waals surface area contributed by atoms with Gasteiger partial charge in [0.05, 0.1) is 6.61 Å². The molecule has 0 amide bonds.